The first-order valence-corrected chi connectivity index (χ1v) is 4.32. The summed E-state index contributed by atoms with van der Waals surface area (Å²) in [5, 5.41) is 0. The van der Waals surface area contributed by atoms with Crippen molar-refractivity contribution in [1.82, 2.24) is 0 Å². The topological polar surface area (TPSA) is 61.8 Å². The lowest BCUT2D eigenvalue weighted by Crippen LogP contribution is -2.40. The number of carbonyl (C=O) groups excluding carboxylic acids is 2. The van der Waals surface area contributed by atoms with E-state index in [2.05, 4.69) is 4.74 Å². The predicted molar refractivity (Wildman–Crippen MR) is 46.3 cm³/mol. The van der Waals surface area contributed by atoms with Gasteiger partial charge in [-0.3, -0.25) is 9.59 Å². The second kappa shape index (κ2) is 4.77. The quantitative estimate of drug-likeness (QED) is 0.638. The highest BCUT2D eigenvalue weighted by atomic mass is 19.1. The molecule has 1 aliphatic heterocycles. The zero-order valence-electron chi connectivity index (χ0n) is 8.36. The number of rotatable bonds is 2. The molecule has 5 nitrogen and oxygen atoms in total. The first-order valence-electron chi connectivity index (χ1n) is 4.32. The molecule has 0 spiro atoms. The van der Waals surface area contributed by atoms with E-state index in [9.17, 15) is 14.0 Å². The van der Waals surface area contributed by atoms with E-state index in [1.807, 2.05) is 0 Å². The van der Waals surface area contributed by atoms with Gasteiger partial charge in [0.2, 0.25) is 0 Å². The molecule has 0 aromatic heterocycles. The van der Waals surface area contributed by atoms with Crippen LogP contribution in [0.1, 0.15) is 13.8 Å². The zero-order chi connectivity index (χ0) is 11.4. The number of esters is 2. The van der Waals surface area contributed by atoms with Gasteiger partial charge in [0.25, 0.3) is 0 Å². The summed E-state index contributed by atoms with van der Waals surface area (Å²) in [6.07, 6.45) is -1.30. The van der Waals surface area contributed by atoms with Gasteiger partial charge in [0.05, 0.1) is 0 Å². The molecule has 0 radical (unpaired) electrons. The molecule has 0 saturated heterocycles. The maximum absolute atomic E-state index is 13.2. The lowest BCUT2D eigenvalue weighted by atomic mass is 10.1. The molecule has 2 atom stereocenters. The monoisotopic (exact) mass is 218 g/mol. The smallest absolute Gasteiger partial charge is 0.303 e. The number of hydrogen-bond acceptors (Lipinski definition) is 5. The molecule has 0 aromatic rings. The molecule has 0 fully saturated rings. The Kier molecular flexibility index (Phi) is 3.65. The Morgan fingerprint density at radius 2 is 2.00 bits per heavy atom. The van der Waals surface area contributed by atoms with Gasteiger partial charge in [-0.15, -0.1) is 0 Å². The molecule has 0 saturated carbocycles. The van der Waals surface area contributed by atoms with E-state index >= 15 is 0 Å². The minimum Gasteiger partial charge on any atom is -0.494 e. The van der Waals surface area contributed by atoms with E-state index in [4.69, 9.17) is 9.47 Å². The van der Waals surface area contributed by atoms with Crippen molar-refractivity contribution in [1.29, 1.82) is 0 Å². The first-order chi connectivity index (χ1) is 7.00. The van der Waals surface area contributed by atoms with Crippen LogP contribution >= 0.6 is 0 Å². The molecule has 0 amide bonds. The second-order valence-electron chi connectivity index (χ2n) is 3.01. The van der Waals surface area contributed by atoms with Gasteiger partial charge in [0, 0.05) is 13.8 Å². The zero-order valence-corrected chi connectivity index (χ0v) is 8.36. The van der Waals surface area contributed by atoms with Crippen molar-refractivity contribution in [3.63, 3.8) is 0 Å². The van der Waals surface area contributed by atoms with Crippen LogP contribution in [0.2, 0.25) is 0 Å². The average molecular weight is 218 g/mol. The third kappa shape index (κ3) is 3.23. The van der Waals surface area contributed by atoms with Crippen LogP contribution in [0.3, 0.4) is 0 Å². The Bertz CT molecular complexity index is 299. The Balaban J connectivity index is 2.72. The Hall–Kier alpha value is -1.59. The fourth-order valence-corrected chi connectivity index (χ4v) is 1.17. The molecule has 1 rings (SSSR count). The standard InChI is InChI=1S/C9H11FO5/c1-5(11)14-8-4-13-3-7(10)9(8)15-6(2)12/h3,8-9H,4H2,1-2H3/t8-,9+/m0/s1. The summed E-state index contributed by atoms with van der Waals surface area (Å²) in [6.45, 7) is 2.29. The van der Waals surface area contributed by atoms with E-state index in [0.717, 1.165) is 13.2 Å². The van der Waals surface area contributed by atoms with Crippen molar-refractivity contribution in [2.75, 3.05) is 6.61 Å². The maximum atomic E-state index is 13.2. The molecule has 1 heterocycles. The molecule has 0 N–H and O–H groups in total. The van der Waals surface area contributed by atoms with Gasteiger partial charge in [-0.25, -0.2) is 4.39 Å². The van der Waals surface area contributed by atoms with E-state index < -0.39 is 30.0 Å². The number of hydrogen-bond donors (Lipinski definition) is 0. The van der Waals surface area contributed by atoms with E-state index in [0.29, 0.717) is 0 Å². The minimum absolute atomic E-state index is 0.0368. The van der Waals surface area contributed by atoms with Gasteiger partial charge in [0.1, 0.15) is 12.9 Å². The normalized spacial score (nSPS) is 24.9. The minimum atomic E-state index is -1.21. The Morgan fingerprint density at radius 1 is 1.40 bits per heavy atom. The third-order valence-electron chi connectivity index (χ3n) is 1.68. The molecule has 15 heavy (non-hydrogen) atoms. The van der Waals surface area contributed by atoms with Crippen molar-refractivity contribution in [2.45, 2.75) is 26.1 Å². The van der Waals surface area contributed by atoms with Crippen molar-refractivity contribution >= 4 is 11.9 Å². The molecule has 1 aliphatic rings. The maximum Gasteiger partial charge on any atom is 0.303 e. The first kappa shape index (κ1) is 11.5. The van der Waals surface area contributed by atoms with Crippen LogP contribution in [-0.2, 0) is 23.8 Å². The van der Waals surface area contributed by atoms with Gasteiger partial charge < -0.3 is 14.2 Å². The fraction of sp³-hybridized carbons (Fsp3) is 0.556. The highest BCUT2D eigenvalue weighted by molar-refractivity contribution is 5.67. The van der Waals surface area contributed by atoms with Crippen molar-refractivity contribution in [3.05, 3.63) is 12.1 Å². The third-order valence-corrected chi connectivity index (χ3v) is 1.68. The van der Waals surface area contributed by atoms with Crippen LogP contribution < -0.4 is 0 Å². The summed E-state index contributed by atoms with van der Waals surface area (Å²) in [6, 6.07) is 0. The predicted octanol–water partition coefficient (Wildman–Crippen LogP) is 0.691. The number of ether oxygens (including phenoxy) is 3. The van der Waals surface area contributed by atoms with Crippen LogP contribution in [0.5, 0.6) is 0 Å². The summed E-state index contributed by atoms with van der Waals surface area (Å²) >= 11 is 0. The molecular formula is C9H11FO5. The highest BCUT2D eigenvalue weighted by Gasteiger charge is 2.35. The van der Waals surface area contributed by atoms with Crippen LogP contribution in [0.15, 0.2) is 12.1 Å². The second-order valence-corrected chi connectivity index (χ2v) is 3.01. The summed E-state index contributed by atoms with van der Waals surface area (Å²) < 4.78 is 27.3. The van der Waals surface area contributed by atoms with Gasteiger partial charge in [-0.05, 0) is 0 Å². The molecule has 0 aromatic carbocycles. The van der Waals surface area contributed by atoms with Gasteiger partial charge in [0.15, 0.2) is 18.0 Å². The van der Waals surface area contributed by atoms with Crippen LogP contribution in [-0.4, -0.2) is 30.8 Å². The van der Waals surface area contributed by atoms with Gasteiger partial charge >= 0.3 is 11.9 Å². The van der Waals surface area contributed by atoms with Crippen LogP contribution in [0.25, 0.3) is 0 Å². The summed E-state index contributed by atoms with van der Waals surface area (Å²) in [5.41, 5.74) is 0. The summed E-state index contributed by atoms with van der Waals surface area (Å²) in [7, 11) is 0. The van der Waals surface area contributed by atoms with Crippen molar-refractivity contribution in [2.24, 2.45) is 0 Å². The average Bonchev–Trinajstić information content (AvgIpc) is 2.09. The van der Waals surface area contributed by atoms with Crippen molar-refractivity contribution in [3.8, 4) is 0 Å². The van der Waals surface area contributed by atoms with E-state index in [1.165, 1.54) is 6.92 Å². The largest absolute Gasteiger partial charge is 0.494 e. The molecule has 6 heteroatoms. The van der Waals surface area contributed by atoms with Crippen LogP contribution in [0.4, 0.5) is 4.39 Å². The molecule has 0 unspecified atom stereocenters. The van der Waals surface area contributed by atoms with Crippen molar-refractivity contribution < 1.29 is 28.2 Å². The fourth-order valence-electron chi connectivity index (χ4n) is 1.17. The SMILES string of the molecule is CC(=O)O[C@H]1COC=C(F)[C@H]1OC(C)=O. The molecule has 84 valence electrons. The van der Waals surface area contributed by atoms with E-state index in [1.54, 1.807) is 0 Å². The molecule has 0 bridgehead atoms. The lowest BCUT2D eigenvalue weighted by Gasteiger charge is -2.27. The number of carbonyl (C=O) groups is 2. The molecule has 0 aliphatic carbocycles. The van der Waals surface area contributed by atoms with Gasteiger partial charge in [-0.2, -0.15) is 0 Å². The lowest BCUT2D eigenvalue weighted by molar-refractivity contribution is -0.169. The van der Waals surface area contributed by atoms with Crippen LogP contribution in [0, 0.1) is 0 Å². The summed E-state index contributed by atoms with van der Waals surface area (Å²) in [5.74, 6) is -2.01. The Labute approximate surface area is 85.8 Å². The number of halogens is 1. The summed E-state index contributed by atoms with van der Waals surface area (Å²) in [4.78, 5) is 21.4. The molecular weight excluding hydrogens is 207 g/mol. The van der Waals surface area contributed by atoms with Gasteiger partial charge in [-0.1, -0.05) is 0 Å². The van der Waals surface area contributed by atoms with E-state index in [-0.39, 0.29) is 6.61 Å². The Morgan fingerprint density at radius 3 is 2.53 bits per heavy atom. The highest BCUT2D eigenvalue weighted by Crippen LogP contribution is 2.21.